The van der Waals surface area contributed by atoms with Gasteiger partial charge in [0, 0.05) is 12.1 Å². The Kier molecular flexibility index (Phi) is 9.41. The van der Waals surface area contributed by atoms with Crippen LogP contribution in [0.15, 0.2) is 0 Å². The van der Waals surface area contributed by atoms with E-state index in [2.05, 4.69) is 27.7 Å². The number of nitrogens with zero attached hydrogens (tertiary/aromatic N) is 1. The van der Waals surface area contributed by atoms with Crippen molar-refractivity contribution in [3.8, 4) is 0 Å². The van der Waals surface area contributed by atoms with Gasteiger partial charge in [-0.15, -0.1) is 0 Å². The molecule has 70 valence electrons. The zero-order chi connectivity index (χ0) is 8.15. The third kappa shape index (κ3) is 5.86. The molecule has 0 heterocycles. The molecule has 0 aliphatic heterocycles. The van der Waals surface area contributed by atoms with Gasteiger partial charge in [0.2, 0.25) is 0 Å². The smallest absolute Gasteiger partial charge is 0.142 e. The minimum atomic E-state index is 0. The van der Waals surface area contributed by atoms with Gasteiger partial charge in [-0.1, -0.05) is 11.6 Å². The predicted octanol–water partition coefficient (Wildman–Crippen LogP) is 2.29. The number of hydrogen-bond donors (Lipinski definition) is 0. The van der Waals surface area contributed by atoms with E-state index >= 15 is 0 Å². The summed E-state index contributed by atoms with van der Waals surface area (Å²) in [6.07, 6.45) is 0. The standard InChI is InChI=1S/C7H16ClNO.H3P/c1-6(2)9(7(3)4)10-5-8;/h6-7H,5H2,1-4H3;1H3. The van der Waals surface area contributed by atoms with E-state index < -0.39 is 0 Å². The second-order valence-corrected chi connectivity index (χ2v) is 3.00. The molecule has 0 aliphatic carbocycles. The van der Waals surface area contributed by atoms with Crippen LogP contribution in [-0.4, -0.2) is 23.2 Å². The highest BCUT2D eigenvalue weighted by Gasteiger charge is 2.12. The van der Waals surface area contributed by atoms with E-state index in [4.69, 9.17) is 16.4 Å². The second-order valence-electron chi connectivity index (χ2n) is 2.79. The minimum Gasteiger partial charge on any atom is -0.282 e. The van der Waals surface area contributed by atoms with Crippen LogP contribution in [-0.2, 0) is 4.84 Å². The van der Waals surface area contributed by atoms with Crippen LogP contribution >= 0.6 is 21.5 Å². The quantitative estimate of drug-likeness (QED) is 0.391. The monoisotopic (exact) mass is 199 g/mol. The Morgan fingerprint density at radius 3 is 1.64 bits per heavy atom. The average molecular weight is 200 g/mol. The Hall–Kier alpha value is 0.640. The van der Waals surface area contributed by atoms with Crippen LogP contribution in [0.5, 0.6) is 0 Å². The fourth-order valence-electron chi connectivity index (χ4n) is 0.951. The highest BCUT2D eigenvalue weighted by Crippen LogP contribution is 2.05. The summed E-state index contributed by atoms with van der Waals surface area (Å²) in [6.45, 7) is 8.30. The lowest BCUT2D eigenvalue weighted by Crippen LogP contribution is -2.36. The highest BCUT2D eigenvalue weighted by atomic mass is 35.5. The van der Waals surface area contributed by atoms with Gasteiger partial charge in [-0.25, -0.2) is 0 Å². The maximum absolute atomic E-state index is 5.42. The molecule has 0 saturated carbocycles. The van der Waals surface area contributed by atoms with Crippen molar-refractivity contribution in [2.24, 2.45) is 0 Å². The van der Waals surface area contributed by atoms with Gasteiger partial charge >= 0.3 is 0 Å². The molecule has 0 aromatic rings. The van der Waals surface area contributed by atoms with Gasteiger partial charge in [0.25, 0.3) is 0 Å². The van der Waals surface area contributed by atoms with Crippen molar-refractivity contribution >= 4 is 21.5 Å². The van der Waals surface area contributed by atoms with Crippen LogP contribution < -0.4 is 0 Å². The molecule has 2 nitrogen and oxygen atoms in total. The lowest BCUT2D eigenvalue weighted by Gasteiger charge is -2.28. The maximum Gasteiger partial charge on any atom is 0.142 e. The predicted molar refractivity (Wildman–Crippen MR) is 55.0 cm³/mol. The summed E-state index contributed by atoms with van der Waals surface area (Å²) >= 11 is 5.42. The van der Waals surface area contributed by atoms with Crippen LogP contribution in [0.3, 0.4) is 0 Å². The molecule has 1 atom stereocenters. The molecular weight excluding hydrogens is 181 g/mol. The molecule has 0 bridgehead atoms. The van der Waals surface area contributed by atoms with Crippen LogP contribution in [0.1, 0.15) is 27.7 Å². The van der Waals surface area contributed by atoms with Crippen molar-refractivity contribution in [3.05, 3.63) is 0 Å². The highest BCUT2D eigenvalue weighted by molar-refractivity contribution is 6.92. The maximum atomic E-state index is 5.42. The summed E-state index contributed by atoms with van der Waals surface area (Å²) in [6, 6.07) is 1.01. The van der Waals surface area contributed by atoms with Crippen LogP contribution in [0, 0.1) is 0 Å². The third-order valence-electron chi connectivity index (χ3n) is 1.22. The van der Waals surface area contributed by atoms with E-state index in [1.165, 1.54) is 0 Å². The van der Waals surface area contributed by atoms with Crippen molar-refractivity contribution in [1.29, 1.82) is 0 Å². The van der Waals surface area contributed by atoms with E-state index in [-0.39, 0.29) is 16.0 Å². The van der Waals surface area contributed by atoms with Crippen molar-refractivity contribution < 1.29 is 4.84 Å². The number of halogens is 1. The Labute approximate surface area is 77.8 Å². The number of hydroxylamine groups is 2. The third-order valence-corrected chi connectivity index (χ3v) is 1.31. The second kappa shape index (κ2) is 7.30. The molecule has 0 N–H and O–H groups in total. The van der Waals surface area contributed by atoms with Crippen molar-refractivity contribution in [2.75, 3.05) is 6.07 Å². The lowest BCUT2D eigenvalue weighted by molar-refractivity contribution is -0.183. The molecule has 0 aromatic heterocycles. The summed E-state index contributed by atoms with van der Waals surface area (Å²) in [5, 5.41) is 1.88. The zero-order valence-electron chi connectivity index (χ0n) is 7.80. The molecular formula is C7H19ClNOP. The summed E-state index contributed by atoms with van der Waals surface area (Å²) in [7, 11) is 0. The van der Waals surface area contributed by atoms with E-state index in [1.54, 1.807) is 0 Å². The topological polar surface area (TPSA) is 12.5 Å². The van der Waals surface area contributed by atoms with Gasteiger partial charge in [0.15, 0.2) is 0 Å². The first-order valence-electron chi connectivity index (χ1n) is 3.56. The van der Waals surface area contributed by atoms with Gasteiger partial charge in [0.05, 0.1) is 0 Å². The fraction of sp³-hybridized carbons (Fsp3) is 1.00. The molecule has 1 unspecified atom stereocenters. The first-order valence-corrected chi connectivity index (χ1v) is 4.10. The molecule has 4 heteroatoms. The SMILES string of the molecule is CC(C)N(OCCl)C(C)C.P. The molecule has 0 spiro atoms. The molecule has 0 amide bonds. The van der Waals surface area contributed by atoms with E-state index in [1.807, 2.05) is 5.06 Å². The summed E-state index contributed by atoms with van der Waals surface area (Å²) < 4.78 is 0. The van der Waals surface area contributed by atoms with Gasteiger partial charge in [-0.2, -0.15) is 15.0 Å². The van der Waals surface area contributed by atoms with Gasteiger partial charge in [0.1, 0.15) is 6.07 Å². The molecule has 0 rings (SSSR count). The Morgan fingerprint density at radius 2 is 1.55 bits per heavy atom. The number of alkyl halides is 1. The van der Waals surface area contributed by atoms with E-state index in [0.29, 0.717) is 12.1 Å². The minimum absolute atomic E-state index is 0. The van der Waals surface area contributed by atoms with Crippen molar-refractivity contribution in [3.63, 3.8) is 0 Å². The zero-order valence-corrected chi connectivity index (χ0v) is 9.97. The van der Waals surface area contributed by atoms with Crippen molar-refractivity contribution in [2.45, 2.75) is 39.8 Å². The molecule has 0 aliphatic rings. The first-order chi connectivity index (χ1) is 4.59. The van der Waals surface area contributed by atoms with Gasteiger partial charge in [-0.3, -0.25) is 4.84 Å². The molecule has 0 aromatic carbocycles. The van der Waals surface area contributed by atoms with Crippen LogP contribution in [0.4, 0.5) is 0 Å². The normalized spacial score (nSPS) is 10.9. The molecule has 11 heavy (non-hydrogen) atoms. The van der Waals surface area contributed by atoms with E-state index in [0.717, 1.165) is 0 Å². The first kappa shape index (κ1) is 14.2. The Balaban J connectivity index is 0. The average Bonchev–Trinajstić information content (AvgIpc) is 1.81. The van der Waals surface area contributed by atoms with Gasteiger partial charge < -0.3 is 0 Å². The molecule has 0 fully saturated rings. The van der Waals surface area contributed by atoms with Crippen LogP contribution in [0.2, 0.25) is 0 Å². The fourth-order valence-corrected chi connectivity index (χ4v) is 1.06. The summed E-state index contributed by atoms with van der Waals surface area (Å²) in [4.78, 5) is 5.16. The van der Waals surface area contributed by atoms with Gasteiger partial charge in [-0.05, 0) is 27.7 Å². The Bertz CT molecular complexity index is 82.5. The molecule has 0 radical (unpaired) electrons. The lowest BCUT2D eigenvalue weighted by atomic mass is 10.3. The van der Waals surface area contributed by atoms with E-state index in [9.17, 15) is 0 Å². The largest absolute Gasteiger partial charge is 0.282 e. The number of rotatable bonds is 4. The van der Waals surface area contributed by atoms with Crippen LogP contribution in [0.25, 0.3) is 0 Å². The number of hydrogen-bond acceptors (Lipinski definition) is 2. The molecule has 0 saturated heterocycles. The van der Waals surface area contributed by atoms with Crippen molar-refractivity contribution in [1.82, 2.24) is 5.06 Å². The Morgan fingerprint density at radius 1 is 1.18 bits per heavy atom. The summed E-state index contributed by atoms with van der Waals surface area (Å²) in [5.74, 6) is 0. The summed E-state index contributed by atoms with van der Waals surface area (Å²) in [5.41, 5.74) is 0.